The molecular formula is C6H7N3O. The fraction of sp³-hybridized carbons (Fsp3) is 0.500. The zero-order valence-electron chi connectivity index (χ0n) is 5.83. The first-order valence-corrected chi connectivity index (χ1v) is 2.77. The molecule has 0 saturated heterocycles. The van der Waals surface area contributed by atoms with E-state index in [-0.39, 0.29) is 5.92 Å². The maximum Gasteiger partial charge on any atom is 0.251 e. The summed E-state index contributed by atoms with van der Waals surface area (Å²) >= 11 is 0. The molecule has 0 unspecified atom stereocenters. The van der Waals surface area contributed by atoms with Crippen LogP contribution in [0.3, 0.4) is 0 Å². The standard InChI is InChI=1S/C6H7N3O/c1-5(2)6(10)9(3-7)4-8/h5H,1-2H3. The second kappa shape index (κ2) is 3.47. The van der Waals surface area contributed by atoms with Gasteiger partial charge in [0.15, 0.2) is 0 Å². The zero-order valence-corrected chi connectivity index (χ0v) is 5.83. The lowest BCUT2D eigenvalue weighted by Gasteiger charge is -2.04. The molecule has 0 rings (SSSR count). The molecule has 0 fully saturated rings. The fourth-order valence-corrected chi connectivity index (χ4v) is 0.379. The first kappa shape index (κ1) is 8.45. The lowest BCUT2D eigenvalue weighted by molar-refractivity contribution is -0.128. The molecule has 0 aliphatic rings. The van der Waals surface area contributed by atoms with Gasteiger partial charge in [-0.3, -0.25) is 4.79 Å². The van der Waals surface area contributed by atoms with Gasteiger partial charge in [0.1, 0.15) is 0 Å². The van der Waals surface area contributed by atoms with Crippen LogP contribution in [0.5, 0.6) is 0 Å². The average Bonchev–Trinajstić information content (AvgIpc) is 1.90. The Bertz CT molecular complexity index is 194. The van der Waals surface area contributed by atoms with Gasteiger partial charge in [-0.15, -0.1) is 4.90 Å². The topological polar surface area (TPSA) is 67.9 Å². The van der Waals surface area contributed by atoms with Crippen molar-refractivity contribution >= 4 is 5.91 Å². The Kier molecular flexibility index (Phi) is 2.93. The first-order valence-electron chi connectivity index (χ1n) is 2.77. The molecule has 0 saturated carbocycles. The molecule has 1 amide bonds. The predicted octanol–water partition coefficient (Wildman–Crippen LogP) is 0.433. The molecule has 0 bridgehead atoms. The monoisotopic (exact) mass is 137 g/mol. The van der Waals surface area contributed by atoms with Crippen LogP contribution in [-0.2, 0) is 4.79 Å². The number of hydrogen-bond donors (Lipinski definition) is 0. The fourth-order valence-electron chi connectivity index (χ4n) is 0.379. The summed E-state index contributed by atoms with van der Waals surface area (Å²) in [5.74, 6) is -0.774. The van der Waals surface area contributed by atoms with Crippen LogP contribution in [0.25, 0.3) is 0 Å². The SMILES string of the molecule is CC(C)C(=O)N(C#N)C#N. The van der Waals surface area contributed by atoms with E-state index in [1.165, 1.54) is 12.4 Å². The summed E-state index contributed by atoms with van der Waals surface area (Å²) in [6, 6.07) is 0. The molecule has 52 valence electrons. The lowest BCUT2D eigenvalue weighted by atomic mass is 10.2. The highest BCUT2D eigenvalue weighted by Gasteiger charge is 2.15. The van der Waals surface area contributed by atoms with Gasteiger partial charge in [0.05, 0.1) is 0 Å². The Morgan fingerprint density at radius 1 is 1.40 bits per heavy atom. The molecule has 0 aromatic rings. The minimum Gasteiger partial charge on any atom is -0.272 e. The van der Waals surface area contributed by atoms with Gasteiger partial charge < -0.3 is 0 Å². The third-order valence-corrected chi connectivity index (χ3v) is 0.914. The maximum absolute atomic E-state index is 10.8. The van der Waals surface area contributed by atoms with Crippen molar-refractivity contribution in [2.24, 2.45) is 5.92 Å². The molecule has 0 aromatic carbocycles. The van der Waals surface area contributed by atoms with E-state index in [0.717, 1.165) is 0 Å². The van der Waals surface area contributed by atoms with Gasteiger partial charge in [0, 0.05) is 5.92 Å². The molecule has 4 nitrogen and oxygen atoms in total. The van der Waals surface area contributed by atoms with E-state index >= 15 is 0 Å². The molecule has 10 heavy (non-hydrogen) atoms. The highest BCUT2D eigenvalue weighted by Crippen LogP contribution is 1.97. The second-order valence-corrected chi connectivity index (χ2v) is 2.03. The van der Waals surface area contributed by atoms with Gasteiger partial charge in [-0.25, -0.2) is 0 Å². The van der Waals surface area contributed by atoms with Gasteiger partial charge in [0.2, 0.25) is 12.4 Å². The van der Waals surface area contributed by atoms with E-state index in [1.807, 2.05) is 0 Å². The van der Waals surface area contributed by atoms with Crippen LogP contribution in [0.15, 0.2) is 0 Å². The van der Waals surface area contributed by atoms with Crippen LogP contribution in [-0.4, -0.2) is 10.8 Å². The molecule has 0 aliphatic carbocycles. The highest BCUT2D eigenvalue weighted by atomic mass is 16.2. The summed E-state index contributed by atoms with van der Waals surface area (Å²) in [5, 5.41) is 16.4. The molecule has 0 N–H and O–H groups in total. The summed E-state index contributed by atoms with van der Waals surface area (Å²) < 4.78 is 0. The summed E-state index contributed by atoms with van der Waals surface area (Å²) in [6.45, 7) is 3.26. The zero-order chi connectivity index (χ0) is 8.15. The van der Waals surface area contributed by atoms with Crippen LogP contribution in [0, 0.1) is 28.8 Å². The van der Waals surface area contributed by atoms with Crippen molar-refractivity contribution in [2.45, 2.75) is 13.8 Å². The number of nitriles is 2. The van der Waals surface area contributed by atoms with Crippen LogP contribution in [0.1, 0.15) is 13.8 Å². The van der Waals surface area contributed by atoms with Crippen molar-refractivity contribution in [3.05, 3.63) is 0 Å². The molecule has 0 heterocycles. The van der Waals surface area contributed by atoms with Gasteiger partial charge in [-0.05, 0) is 0 Å². The Labute approximate surface area is 59.3 Å². The summed E-state index contributed by atoms with van der Waals surface area (Å²) in [5.41, 5.74) is 0. The number of nitrogens with zero attached hydrogens (tertiary/aromatic N) is 3. The van der Waals surface area contributed by atoms with E-state index in [1.54, 1.807) is 13.8 Å². The molecule has 0 radical (unpaired) electrons. The van der Waals surface area contributed by atoms with Gasteiger partial charge >= 0.3 is 0 Å². The normalized spacial score (nSPS) is 8.10. The van der Waals surface area contributed by atoms with E-state index < -0.39 is 5.91 Å². The number of carbonyl (C=O) groups excluding carboxylic acids is 1. The highest BCUT2D eigenvalue weighted by molar-refractivity contribution is 5.81. The van der Waals surface area contributed by atoms with Crippen molar-refractivity contribution in [3.8, 4) is 12.4 Å². The summed E-state index contributed by atoms with van der Waals surface area (Å²) in [4.78, 5) is 11.2. The van der Waals surface area contributed by atoms with Gasteiger partial charge in [0.25, 0.3) is 5.91 Å². The van der Waals surface area contributed by atoms with Gasteiger partial charge in [-0.2, -0.15) is 10.5 Å². The summed E-state index contributed by atoms with van der Waals surface area (Å²) in [6.07, 6.45) is 2.91. The molecule has 0 aliphatic heterocycles. The van der Waals surface area contributed by atoms with Crippen molar-refractivity contribution in [3.63, 3.8) is 0 Å². The van der Waals surface area contributed by atoms with Crippen LogP contribution in [0.4, 0.5) is 0 Å². The average molecular weight is 137 g/mol. The van der Waals surface area contributed by atoms with Crippen molar-refractivity contribution in [1.29, 1.82) is 10.5 Å². The molecule has 4 heteroatoms. The molecule has 0 aromatic heterocycles. The molecule has 0 spiro atoms. The lowest BCUT2D eigenvalue weighted by Crippen LogP contribution is -2.25. The second-order valence-electron chi connectivity index (χ2n) is 2.03. The predicted molar refractivity (Wildman–Crippen MR) is 32.9 cm³/mol. The van der Waals surface area contributed by atoms with Crippen LogP contribution in [0.2, 0.25) is 0 Å². The summed E-state index contributed by atoms with van der Waals surface area (Å²) in [7, 11) is 0. The van der Waals surface area contributed by atoms with Crippen LogP contribution >= 0.6 is 0 Å². The van der Waals surface area contributed by atoms with Gasteiger partial charge in [-0.1, -0.05) is 13.8 Å². The van der Waals surface area contributed by atoms with Crippen molar-refractivity contribution in [2.75, 3.05) is 0 Å². The maximum atomic E-state index is 10.8. The van der Waals surface area contributed by atoms with Crippen molar-refractivity contribution in [1.82, 2.24) is 4.90 Å². The van der Waals surface area contributed by atoms with E-state index in [2.05, 4.69) is 0 Å². The molecule has 0 atom stereocenters. The van der Waals surface area contributed by atoms with E-state index in [0.29, 0.717) is 4.90 Å². The minimum absolute atomic E-state index is 0.306. The Morgan fingerprint density at radius 3 is 1.90 bits per heavy atom. The smallest absolute Gasteiger partial charge is 0.251 e. The Hall–Kier alpha value is -1.55. The third-order valence-electron chi connectivity index (χ3n) is 0.914. The van der Waals surface area contributed by atoms with Crippen LogP contribution < -0.4 is 0 Å². The quantitative estimate of drug-likeness (QED) is 0.389. The van der Waals surface area contributed by atoms with E-state index in [4.69, 9.17) is 10.5 Å². The largest absolute Gasteiger partial charge is 0.272 e. The number of rotatable bonds is 1. The van der Waals surface area contributed by atoms with Crippen molar-refractivity contribution < 1.29 is 4.79 Å². The first-order chi connectivity index (χ1) is 4.63. The minimum atomic E-state index is -0.468. The number of amides is 1. The third kappa shape index (κ3) is 1.75. The van der Waals surface area contributed by atoms with E-state index in [9.17, 15) is 4.79 Å². The molecular weight excluding hydrogens is 130 g/mol. The number of carbonyl (C=O) groups is 1. The Morgan fingerprint density at radius 2 is 1.80 bits per heavy atom. The number of hydrogen-bond acceptors (Lipinski definition) is 3. The Balaban J connectivity index is 4.24.